The number of hydrogen-bond donors (Lipinski definition) is 1. The molecule has 146 valence electrons. The van der Waals surface area contributed by atoms with Gasteiger partial charge in [-0.2, -0.15) is 10.1 Å². The highest BCUT2D eigenvalue weighted by Crippen LogP contribution is 2.30. The lowest BCUT2D eigenvalue weighted by atomic mass is 10.1. The van der Waals surface area contributed by atoms with Crippen LogP contribution in [0.1, 0.15) is 24.8 Å². The van der Waals surface area contributed by atoms with Gasteiger partial charge in [0.05, 0.1) is 6.20 Å². The summed E-state index contributed by atoms with van der Waals surface area (Å²) < 4.78 is 3.67. The molecule has 0 aliphatic heterocycles. The average molecular weight is 386 g/mol. The van der Waals surface area contributed by atoms with Crippen molar-refractivity contribution in [3.05, 3.63) is 66.6 Å². The van der Waals surface area contributed by atoms with E-state index in [9.17, 15) is 4.79 Å². The number of aryl methyl sites for hydroxylation is 2. The van der Waals surface area contributed by atoms with E-state index >= 15 is 0 Å². The van der Waals surface area contributed by atoms with Crippen molar-refractivity contribution in [3.8, 4) is 11.1 Å². The van der Waals surface area contributed by atoms with Crippen molar-refractivity contribution < 1.29 is 4.79 Å². The van der Waals surface area contributed by atoms with E-state index in [1.54, 1.807) is 4.52 Å². The SMILES string of the molecule is O=C(Nc1nc2c(-c3cnn(CCCc4ccccc4)c3)cccn2n1)C1CC1. The van der Waals surface area contributed by atoms with Crippen LogP contribution in [0.5, 0.6) is 0 Å². The molecule has 29 heavy (non-hydrogen) atoms. The topological polar surface area (TPSA) is 77.1 Å². The molecule has 3 heterocycles. The number of benzene rings is 1. The fourth-order valence-corrected chi connectivity index (χ4v) is 3.46. The maximum Gasteiger partial charge on any atom is 0.249 e. The Kier molecular flexibility index (Phi) is 4.56. The second-order valence-corrected chi connectivity index (χ2v) is 7.47. The van der Waals surface area contributed by atoms with Crippen molar-refractivity contribution in [2.24, 2.45) is 5.92 Å². The number of nitrogens with one attached hydrogen (secondary N) is 1. The molecule has 0 bridgehead atoms. The average Bonchev–Trinajstić information content (AvgIpc) is 3.36. The third kappa shape index (κ3) is 3.89. The van der Waals surface area contributed by atoms with Gasteiger partial charge in [0.25, 0.3) is 0 Å². The highest BCUT2D eigenvalue weighted by atomic mass is 16.2. The van der Waals surface area contributed by atoms with Gasteiger partial charge in [0, 0.05) is 36.0 Å². The van der Waals surface area contributed by atoms with Crippen LogP contribution in [0.25, 0.3) is 16.8 Å². The number of aromatic nitrogens is 5. The molecule has 1 aliphatic rings. The summed E-state index contributed by atoms with van der Waals surface area (Å²) in [7, 11) is 0. The van der Waals surface area contributed by atoms with Crippen LogP contribution in [-0.4, -0.2) is 30.3 Å². The Morgan fingerprint density at radius 1 is 1.14 bits per heavy atom. The largest absolute Gasteiger partial charge is 0.293 e. The zero-order valence-corrected chi connectivity index (χ0v) is 16.0. The molecule has 1 amide bonds. The molecule has 5 rings (SSSR count). The molecule has 0 unspecified atom stereocenters. The van der Waals surface area contributed by atoms with E-state index in [2.05, 4.69) is 44.8 Å². The van der Waals surface area contributed by atoms with E-state index in [0.717, 1.165) is 43.4 Å². The normalized spacial score (nSPS) is 13.7. The van der Waals surface area contributed by atoms with E-state index in [-0.39, 0.29) is 11.8 Å². The molecular weight excluding hydrogens is 364 g/mol. The maximum atomic E-state index is 12.0. The molecule has 0 atom stereocenters. The van der Waals surface area contributed by atoms with E-state index in [4.69, 9.17) is 0 Å². The minimum absolute atomic E-state index is 0.00805. The molecule has 1 fully saturated rings. The summed E-state index contributed by atoms with van der Waals surface area (Å²) in [5.74, 6) is 0.480. The molecule has 0 saturated heterocycles. The molecule has 3 aromatic heterocycles. The van der Waals surface area contributed by atoms with Crippen LogP contribution < -0.4 is 5.32 Å². The molecule has 1 aliphatic carbocycles. The van der Waals surface area contributed by atoms with Gasteiger partial charge in [-0.15, -0.1) is 5.10 Å². The lowest BCUT2D eigenvalue weighted by Crippen LogP contribution is -2.14. The lowest BCUT2D eigenvalue weighted by molar-refractivity contribution is -0.117. The predicted octanol–water partition coefficient (Wildman–Crippen LogP) is 3.57. The number of pyridine rings is 1. The van der Waals surface area contributed by atoms with Gasteiger partial charge >= 0.3 is 0 Å². The van der Waals surface area contributed by atoms with Crippen molar-refractivity contribution in [1.29, 1.82) is 0 Å². The van der Waals surface area contributed by atoms with Crippen LogP contribution in [0.4, 0.5) is 5.95 Å². The van der Waals surface area contributed by atoms with Crippen molar-refractivity contribution in [1.82, 2.24) is 24.4 Å². The van der Waals surface area contributed by atoms with Gasteiger partial charge in [-0.1, -0.05) is 30.3 Å². The molecule has 7 heteroatoms. The molecular formula is C22H22N6O. The van der Waals surface area contributed by atoms with Crippen LogP contribution in [-0.2, 0) is 17.8 Å². The van der Waals surface area contributed by atoms with Gasteiger partial charge in [-0.25, -0.2) is 4.52 Å². The second kappa shape index (κ2) is 7.50. The van der Waals surface area contributed by atoms with Crippen LogP contribution in [0, 0.1) is 5.92 Å². The molecule has 1 N–H and O–H groups in total. The van der Waals surface area contributed by atoms with Gasteiger partial charge in [-0.3, -0.25) is 14.8 Å². The Morgan fingerprint density at radius 3 is 2.83 bits per heavy atom. The second-order valence-electron chi connectivity index (χ2n) is 7.47. The highest BCUT2D eigenvalue weighted by Gasteiger charge is 2.30. The Bertz CT molecular complexity index is 1140. The minimum Gasteiger partial charge on any atom is -0.293 e. The summed E-state index contributed by atoms with van der Waals surface area (Å²) in [4.78, 5) is 16.5. The Balaban J connectivity index is 1.31. The quantitative estimate of drug-likeness (QED) is 0.527. The number of anilines is 1. The van der Waals surface area contributed by atoms with Gasteiger partial charge in [0.2, 0.25) is 11.9 Å². The molecule has 7 nitrogen and oxygen atoms in total. The van der Waals surface area contributed by atoms with Crippen LogP contribution in [0.3, 0.4) is 0 Å². The first-order chi connectivity index (χ1) is 14.3. The molecule has 1 saturated carbocycles. The van der Waals surface area contributed by atoms with Gasteiger partial charge < -0.3 is 0 Å². The third-order valence-electron chi connectivity index (χ3n) is 5.19. The van der Waals surface area contributed by atoms with Gasteiger partial charge in [-0.05, 0) is 43.4 Å². The first-order valence-corrected chi connectivity index (χ1v) is 9.99. The van der Waals surface area contributed by atoms with Crippen molar-refractivity contribution in [2.75, 3.05) is 5.32 Å². The maximum absolute atomic E-state index is 12.0. The number of hydrogen-bond acceptors (Lipinski definition) is 4. The van der Waals surface area contributed by atoms with Crippen molar-refractivity contribution >= 4 is 17.5 Å². The van der Waals surface area contributed by atoms with Crippen LogP contribution in [0.2, 0.25) is 0 Å². The summed E-state index contributed by atoms with van der Waals surface area (Å²) in [6, 6.07) is 14.4. The Labute approximate surface area is 168 Å². The van der Waals surface area contributed by atoms with Crippen molar-refractivity contribution in [3.63, 3.8) is 0 Å². The Hall–Kier alpha value is -3.48. The van der Waals surface area contributed by atoms with E-state index in [1.165, 1.54) is 5.56 Å². The fourth-order valence-electron chi connectivity index (χ4n) is 3.46. The standard InChI is InChI=1S/C22H22N6O/c29-21(17-10-11-17)25-22-24-20-19(9-5-13-28(20)26-22)18-14-23-27(15-18)12-4-8-16-6-2-1-3-7-16/h1-3,5-7,9,13-15,17H,4,8,10-12H2,(H,25,26,29). The monoisotopic (exact) mass is 386 g/mol. The summed E-state index contributed by atoms with van der Waals surface area (Å²) in [5.41, 5.74) is 3.99. The summed E-state index contributed by atoms with van der Waals surface area (Å²) in [6.45, 7) is 0.855. The number of carbonyl (C=O) groups excluding carboxylic acids is 1. The molecule has 4 aromatic rings. The van der Waals surface area contributed by atoms with E-state index in [1.807, 2.05) is 41.5 Å². The smallest absolute Gasteiger partial charge is 0.249 e. The number of rotatable bonds is 7. The Morgan fingerprint density at radius 2 is 2.00 bits per heavy atom. The van der Waals surface area contributed by atoms with E-state index < -0.39 is 0 Å². The zero-order chi connectivity index (χ0) is 19.6. The fraction of sp³-hybridized carbons (Fsp3) is 0.273. The number of fused-ring (bicyclic) bond motifs is 1. The van der Waals surface area contributed by atoms with Crippen LogP contribution in [0.15, 0.2) is 61.1 Å². The van der Waals surface area contributed by atoms with Gasteiger partial charge in [0.1, 0.15) is 0 Å². The van der Waals surface area contributed by atoms with Gasteiger partial charge in [0.15, 0.2) is 5.65 Å². The lowest BCUT2D eigenvalue weighted by Gasteiger charge is -2.02. The molecule has 0 radical (unpaired) electrons. The predicted molar refractivity (Wildman–Crippen MR) is 110 cm³/mol. The van der Waals surface area contributed by atoms with Crippen molar-refractivity contribution in [2.45, 2.75) is 32.2 Å². The number of carbonyl (C=O) groups is 1. The molecule has 1 aromatic carbocycles. The first kappa shape index (κ1) is 17.6. The zero-order valence-electron chi connectivity index (χ0n) is 16.0. The number of nitrogens with zero attached hydrogens (tertiary/aromatic N) is 5. The summed E-state index contributed by atoms with van der Waals surface area (Å²) in [6.07, 6.45) is 9.69. The number of amides is 1. The van der Waals surface area contributed by atoms with Crippen LogP contribution >= 0.6 is 0 Å². The summed E-state index contributed by atoms with van der Waals surface area (Å²) in [5, 5.41) is 11.7. The third-order valence-corrected chi connectivity index (χ3v) is 5.19. The minimum atomic E-state index is 0.00805. The van der Waals surface area contributed by atoms with E-state index in [0.29, 0.717) is 11.6 Å². The molecule has 0 spiro atoms. The first-order valence-electron chi connectivity index (χ1n) is 9.99. The summed E-state index contributed by atoms with van der Waals surface area (Å²) >= 11 is 0. The highest BCUT2D eigenvalue weighted by molar-refractivity contribution is 5.93.